The van der Waals surface area contributed by atoms with Crippen LogP contribution in [0.4, 0.5) is 0 Å². The molecule has 0 saturated carbocycles. The van der Waals surface area contributed by atoms with Crippen molar-refractivity contribution in [1.82, 2.24) is 14.8 Å². The van der Waals surface area contributed by atoms with E-state index in [0.29, 0.717) is 13.0 Å². The van der Waals surface area contributed by atoms with Gasteiger partial charge in [-0.2, -0.15) is 0 Å². The Morgan fingerprint density at radius 2 is 2.08 bits per heavy atom. The number of amides is 2. The summed E-state index contributed by atoms with van der Waals surface area (Å²) in [5.74, 6) is -0.597. The summed E-state index contributed by atoms with van der Waals surface area (Å²) in [5, 5.41) is 10.2. The van der Waals surface area contributed by atoms with E-state index in [-0.39, 0.29) is 31.2 Å². The van der Waals surface area contributed by atoms with Crippen molar-refractivity contribution in [3.05, 3.63) is 54.2 Å². The number of nitrogens with zero attached hydrogens (tertiary/aromatic N) is 3. The van der Waals surface area contributed by atoms with Gasteiger partial charge in [-0.15, -0.1) is 0 Å². The maximum absolute atomic E-state index is 12.4. The number of aromatic nitrogens is 1. The first kappa shape index (κ1) is 16.2. The molecule has 1 aliphatic heterocycles. The summed E-state index contributed by atoms with van der Waals surface area (Å²) >= 11 is 0. The van der Waals surface area contributed by atoms with Crippen LogP contribution < -0.4 is 0 Å². The Labute approximate surface area is 139 Å². The second-order valence-electron chi connectivity index (χ2n) is 5.79. The molecule has 1 atom stereocenters. The van der Waals surface area contributed by atoms with Crippen molar-refractivity contribution in [3.63, 3.8) is 0 Å². The molecule has 2 amide bonds. The highest BCUT2D eigenvalue weighted by atomic mass is 16.3. The number of carbonyl (C=O) groups is 2. The first-order chi connectivity index (χ1) is 11.6. The van der Waals surface area contributed by atoms with Gasteiger partial charge >= 0.3 is 0 Å². The molecule has 7 nitrogen and oxygen atoms in total. The van der Waals surface area contributed by atoms with Crippen LogP contribution in [0.2, 0.25) is 0 Å². The molecule has 1 saturated heterocycles. The molecule has 0 bridgehead atoms. The number of hydrogen-bond acceptors (Lipinski definition) is 5. The van der Waals surface area contributed by atoms with Crippen molar-refractivity contribution in [1.29, 1.82) is 0 Å². The van der Waals surface area contributed by atoms with E-state index >= 15 is 0 Å². The molecule has 0 radical (unpaired) electrons. The van der Waals surface area contributed by atoms with E-state index in [2.05, 4.69) is 4.98 Å². The van der Waals surface area contributed by atoms with Gasteiger partial charge in [0.25, 0.3) is 5.91 Å². The summed E-state index contributed by atoms with van der Waals surface area (Å²) < 4.78 is 4.80. The number of carbonyl (C=O) groups excluding carboxylic acids is 2. The maximum atomic E-state index is 12.4. The second-order valence-corrected chi connectivity index (χ2v) is 5.79. The molecule has 1 unspecified atom stereocenters. The molecule has 1 aromatic carbocycles. The Morgan fingerprint density at radius 1 is 1.29 bits per heavy atom. The second kappa shape index (κ2) is 7.27. The quantitative estimate of drug-likeness (QED) is 0.886. The molecule has 1 aromatic heterocycles. The Balaban J connectivity index is 1.64. The molecule has 0 spiro atoms. The van der Waals surface area contributed by atoms with Crippen LogP contribution >= 0.6 is 0 Å². The fourth-order valence-corrected chi connectivity index (χ4v) is 2.76. The summed E-state index contributed by atoms with van der Waals surface area (Å²) in [4.78, 5) is 31.5. The zero-order chi connectivity index (χ0) is 16.9. The van der Waals surface area contributed by atoms with Crippen LogP contribution in [0.5, 0.6) is 0 Å². The third-order valence-electron chi connectivity index (χ3n) is 3.99. The Bertz CT molecular complexity index is 687. The highest BCUT2D eigenvalue weighted by Gasteiger charge is 2.30. The van der Waals surface area contributed by atoms with E-state index in [1.807, 2.05) is 30.3 Å². The van der Waals surface area contributed by atoms with Gasteiger partial charge in [0.2, 0.25) is 5.91 Å². The highest BCUT2D eigenvalue weighted by molar-refractivity contribution is 5.94. The minimum absolute atomic E-state index is 0.0719. The molecular weight excluding hydrogens is 310 g/mol. The van der Waals surface area contributed by atoms with Crippen LogP contribution in [0.25, 0.3) is 0 Å². The molecule has 1 fully saturated rings. The number of rotatable bonds is 4. The fraction of sp³-hybridized carbons (Fsp3) is 0.353. The Hall–Kier alpha value is -2.67. The lowest BCUT2D eigenvalue weighted by atomic mass is 10.1. The van der Waals surface area contributed by atoms with Gasteiger partial charge in [-0.3, -0.25) is 9.59 Å². The monoisotopic (exact) mass is 329 g/mol. The van der Waals surface area contributed by atoms with Gasteiger partial charge in [0.1, 0.15) is 12.8 Å². The van der Waals surface area contributed by atoms with Crippen LogP contribution in [-0.2, 0) is 11.2 Å². The molecular formula is C17H19N3O4. The topological polar surface area (TPSA) is 86.9 Å². The third-order valence-corrected chi connectivity index (χ3v) is 3.99. The first-order valence-electron chi connectivity index (χ1n) is 7.80. The molecule has 2 aromatic rings. The van der Waals surface area contributed by atoms with Gasteiger partial charge in [0.15, 0.2) is 12.1 Å². The van der Waals surface area contributed by atoms with Gasteiger partial charge in [-0.1, -0.05) is 30.3 Å². The van der Waals surface area contributed by atoms with Crippen LogP contribution in [0.1, 0.15) is 16.1 Å². The average Bonchev–Trinajstić information content (AvgIpc) is 3.08. The van der Waals surface area contributed by atoms with Crippen molar-refractivity contribution in [2.45, 2.75) is 12.5 Å². The normalized spacial score (nSPS) is 18.5. The number of benzene rings is 1. The Kier molecular flexibility index (Phi) is 4.90. The SMILES string of the molecule is O=C1CN(C(=O)c2cocn2)CC(O)CN1CCc1ccccc1. The molecule has 7 heteroatoms. The van der Waals surface area contributed by atoms with Crippen LogP contribution in [0, 0.1) is 0 Å². The molecule has 0 aliphatic carbocycles. The number of aliphatic hydroxyl groups is 1. The minimum atomic E-state index is -0.789. The predicted molar refractivity (Wildman–Crippen MR) is 85.1 cm³/mol. The van der Waals surface area contributed by atoms with Gasteiger partial charge < -0.3 is 19.3 Å². The third kappa shape index (κ3) is 3.80. The summed E-state index contributed by atoms with van der Waals surface area (Å²) in [6, 6.07) is 9.84. The lowest BCUT2D eigenvalue weighted by Gasteiger charge is -2.21. The van der Waals surface area contributed by atoms with E-state index in [9.17, 15) is 14.7 Å². The minimum Gasteiger partial charge on any atom is -0.451 e. The van der Waals surface area contributed by atoms with Crippen molar-refractivity contribution >= 4 is 11.8 Å². The van der Waals surface area contributed by atoms with Gasteiger partial charge in [-0.25, -0.2) is 4.98 Å². The number of hydrogen-bond donors (Lipinski definition) is 1. The standard InChI is InChI=1S/C17H19N3O4/c21-14-8-19(7-6-13-4-2-1-3-5-13)16(22)10-20(9-14)17(23)15-11-24-12-18-15/h1-5,11-12,14,21H,6-10H2. The van der Waals surface area contributed by atoms with Crippen LogP contribution in [0.3, 0.4) is 0 Å². The Morgan fingerprint density at radius 3 is 2.79 bits per heavy atom. The van der Waals surface area contributed by atoms with E-state index < -0.39 is 12.0 Å². The van der Waals surface area contributed by atoms with E-state index in [1.54, 1.807) is 4.90 Å². The largest absolute Gasteiger partial charge is 0.451 e. The number of oxazole rings is 1. The summed E-state index contributed by atoms with van der Waals surface area (Å²) in [7, 11) is 0. The zero-order valence-electron chi connectivity index (χ0n) is 13.2. The van der Waals surface area contributed by atoms with Crippen LogP contribution in [-0.4, -0.2) is 64.0 Å². The van der Waals surface area contributed by atoms with Gasteiger partial charge in [-0.05, 0) is 12.0 Å². The number of aliphatic hydroxyl groups excluding tert-OH is 1. The molecule has 3 rings (SSSR count). The van der Waals surface area contributed by atoms with E-state index in [0.717, 1.165) is 12.0 Å². The zero-order valence-corrected chi connectivity index (χ0v) is 13.2. The number of β-amino-alcohol motifs (C(OH)–C–C–N with tert-alkyl or cyclic N) is 1. The van der Waals surface area contributed by atoms with E-state index in [1.165, 1.54) is 11.2 Å². The molecule has 1 N–H and O–H groups in total. The van der Waals surface area contributed by atoms with E-state index in [4.69, 9.17) is 4.42 Å². The highest BCUT2D eigenvalue weighted by Crippen LogP contribution is 2.11. The summed E-state index contributed by atoms with van der Waals surface area (Å²) in [5.41, 5.74) is 1.26. The molecule has 24 heavy (non-hydrogen) atoms. The maximum Gasteiger partial charge on any atom is 0.276 e. The van der Waals surface area contributed by atoms with Crippen molar-refractivity contribution < 1.29 is 19.1 Å². The van der Waals surface area contributed by atoms with Crippen molar-refractivity contribution in [2.75, 3.05) is 26.2 Å². The fourth-order valence-electron chi connectivity index (χ4n) is 2.76. The predicted octanol–water partition coefficient (Wildman–Crippen LogP) is 0.563. The molecule has 126 valence electrons. The molecule has 1 aliphatic rings. The van der Waals surface area contributed by atoms with Crippen molar-refractivity contribution in [3.8, 4) is 0 Å². The average molecular weight is 329 g/mol. The van der Waals surface area contributed by atoms with Gasteiger partial charge in [0.05, 0.1) is 6.10 Å². The van der Waals surface area contributed by atoms with Gasteiger partial charge in [0, 0.05) is 19.6 Å². The van der Waals surface area contributed by atoms with Crippen molar-refractivity contribution in [2.24, 2.45) is 0 Å². The molecule has 2 heterocycles. The van der Waals surface area contributed by atoms with Crippen LogP contribution in [0.15, 0.2) is 47.4 Å². The summed E-state index contributed by atoms with van der Waals surface area (Å²) in [6.07, 6.45) is 2.31. The smallest absolute Gasteiger partial charge is 0.276 e. The first-order valence-corrected chi connectivity index (χ1v) is 7.80. The lowest BCUT2D eigenvalue weighted by Crippen LogP contribution is -2.40. The summed E-state index contributed by atoms with van der Waals surface area (Å²) in [6.45, 7) is 0.747. The lowest BCUT2D eigenvalue weighted by molar-refractivity contribution is -0.131.